The van der Waals surface area contributed by atoms with Crippen LogP contribution in [0, 0.1) is 5.92 Å². The van der Waals surface area contributed by atoms with Crippen molar-refractivity contribution in [1.29, 1.82) is 0 Å². The monoisotopic (exact) mass is 340 g/mol. The van der Waals surface area contributed by atoms with Crippen LogP contribution in [0.1, 0.15) is 51.2 Å². The van der Waals surface area contributed by atoms with Gasteiger partial charge < -0.3 is 5.11 Å². The summed E-state index contributed by atoms with van der Waals surface area (Å²) in [7, 11) is 0. The lowest BCUT2D eigenvalue weighted by Crippen LogP contribution is -2.11. The standard InChI is InChI=1S/C16H21BrOS/c1-3-5-7-11(4-2)15(18)13-10-19-16-12(13)8-6-9-14(16)17/h6,8-11,15,18H,3-5,7H2,1-2H3. The van der Waals surface area contributed by atoms with Gasteiger partial charge in [0.2, 0.25) is 0 Å². The molecule has 0 saturated heterocycles. The van der Waals surface area contributed by atoms with Crippen molar-refractivity contribution in [2.75, 3.05) is 0 Å². The fourth-order valence-electron chi connectivity index (χ4n) is 2.58. The third-order valence-electron chi connectivity index (χ3n) is 3.80. The normalized spacial score (nSPS) is 14.7. The average molecular weight is 341 g/mol. The van der Waals surface area contributed by atoms with Crippen molar-refractivity contribution in [3.8, 4) is 0 Å². The molecule has 2 atom stereocenters. The Kier molecular flexibility index (Phi) is 5.43. The Balaban J connectivity index is 2.30. The Hall–Kier alpha value is -0.380. The van der Waals surface area contributed by atoms with E-state index >= 15 is 0 Å². The molecule has 1 N–H and O–H groups in total. The van der Waals surface area contributed by atoms with Gasteiger partial charge in [-0.1, -0.05) is 45.2 Å². The number of rotatable bonds is 6. The number of halogens is 1. The fraction of sp³-hybridized carbons (Fsp3) is 0.500. The molecule has 0 amide bonds. The van der Waals surface area contributed by atoms with Crippen LogP contribution in [0.4, 0.5) is 0 Å². The van der Waals surface area contributed by atoms with Crippen molar-refractivity contribution in [2.24, 2.45) is 5.92 Å². The Bertz CT molecular complexity index is 535. The number of benzene rings is 1. The molecule has 2 rings (SSSR count). The zero-order valence-electron chi connectivity index (χ0n) is 11.5. The van der Waals surface area contributed by atoms with E-state index in [9.17, 15) is 5.11 Å². The zero-order valence-corrected chi connectivity index (χ0v) is 13.9. The first kappa shape index (κ1) is 15.0. The molecule has 0 radical (unpaired) electrons. The molecule has 0 aliphatic carbocycles. The van der Waals surface area contributed by atoms with Crippen LogP contribution in [0.25, 0.3) is 10.1 Å². The van der Waals surface area contributed by atoms with Crippen LogP contribution >= 0.6 is 27.3 Å². The number of aliphatic hydroxyl groups excluding tert-OH is 1. The van der Waals surface area contributed by atoms with Crippen LogP contribution in [0.2, 0.25) is 0 Å². The van der Waals surface area contributed by atoms with Gasteiger partial charge >= 0.3 is 0 Å². The van der Waals surface area contributed by atoms with Gasteiger partial charge in [-0.2, -0.15) is 0 Å². The predicted octanol–water partition coefficient (Wildman–Crippen LogP) is 5.91. The van der Waals surface area contributed by atoms with Crippen molar-refractivity contribution < 1.29 is 5.11 Å². The predicted molar refractivity (Wildman–Crippen MR) is 87.8 cm³/mol. The first-order valence-electron chi connectivity index (χ1n) is 7.02. The summed E-state index contributed by atoms with van der Waals surface area (Å²) in [6.45, 7) is 4.38. The maximum Gasteiger partial charge on any atom is 0.0832 e. The summed E-state index contributed by atoms with van der Waals surface area (Å²) in [5.41, 5.74) is 1.10. The van der Waals surface area contributed by atoms with E-state index in [1.54, 1.807) is 11.3 Å². The van der Waals surface area contributed by atoms with E-state index in [0.717, 1.165) is 22.9 Å². The van der Waals surface area contributed by atoms with Crippen LogP contribution in [0.15, 0.2) is 28.1 Å². The van der Waals surface area contributed by atoms with E-state index in [1.807, 2.05) is 6.07 Å². The quantitative estimate of drug-likeness (QED) is 0.692. The second-order valence-corrected chi connectivity index (χ2v) is 6.80. The molecule has 1 aromatic carbocycles. The van der Waals surface area contributed by atoms with Gasteiger partial charge in [-0.3, -0.25) is 0 Å². The highest BCUT2D eigenvalue weighted by Gasteiger charge is 2.22. The molecule has 19 heavy (non-hydrogen) atoms. The van der Waals surface area contributed by atoms with Gasteiger partial charge in [-0.25, -0.2) is 0 Å². The Morgan fingerprint density at radius 3 is 2.79 bits per heavy atom. The second-order valence-electron chi connectivity index (χ2n) is 5.06. The summed E-state index contributed by atoms with van der Waals surface area (Å²) < 4.78 is 2.36. The highest BCUT2D eigenvalue weighted by molar-refractivity contribution is 9.10. The largest absolute Gasteiger partial charge is 0.388 e. The van der Waals surface area contributed by atoms with Gasteiger partial charge in [-0.15, -0.1) is 11.3 Å². The smallest absolute Gasteiger partial charge is 0.0832 e. The molecule has 1 aromatic heterocycles. The summed E-state index contributed by atoms with van der Waals surface area (Å²) in [5, 5.41) is 14.0. The Morgan fingerprint density at radius 1 is 1.32 bits per heavy atom. The van der Waals surface area contributed by atoms with Gasteiger partial charge in [0.15, 0.2) is 0 Å². The number of aliphatic hydroxyl groups is 1. The molecular weight excluding hydrogens is 320 g/mol. The van der Waals surface area contributed by atoms with E-state index in [2.05, 4.69) is 47.3 Å². The minimum absolute atomic E-state index is 0.334. The minimum atomic E-state index is -0.334. The fourth-order valence-corrected chi connectivity index (χ4v) is 4.23. The molecule has 0 spiro atoms. The Morgan fingerprint density at radius 2 is 2.11 bits per heavy atom. The molecule has 0 fully saturated rings. The van der Waals surface area contributed by atoms with E-state index in [1.165, 1.54) is 22.9 Å². The second kappa shape index (κ2) is 6.87. The van der Waals surface area contributed by atoms with Crippen LogP contribution in [-0.4, -0.2) is 5.11 Å². The van der Waals surface area contributed by atoms with Crippen LogP contribution < -0.4 is 0 Å². The lowest BCUT2D eigenvalue weighted by atomic mass is 9.89. The number of hydrogen-bond acceptors (Lipinski definition) is 2. The first-order chi connectivity index (χ1) is 9.19. The molecule has 0 aliphatic heterocycles. The number of fused-ring (bicyclic) bond motifs is 1. The minimum Gasteiger partial charge on any atom is -0.388 e. The number of hydrogen-bond donors (Lipinski definition) is 1. The first-order valence-corrected chi connectivity index (χ1v) is 8.70. The SMILES string of the molecule is CCCCC(CC)C(O)c1csc2c(Br)cccc12. The van der Waals surface area contributed by atoms with E-state index in [-0.39, 0.29) is 6.10 Å². The molecule has 3 heteroatoms. The van der Waals surface area contributed by atoms with Crippen LogP contribution in [-0.2, 0) is 0 Å². The third-order valence-corrected chi connectivity index (χ3v) is 5.77. The summed E-state index contributed by atoms with van der Waals surface area (Å²) >= 11 is 5.30. The average Bonchev–Trinajstić information content (AvgIpc) is 2.84. The molecule has 1 nitrogen and oxygen atoms in total. The maximum absolute atomic E-state index is 10.7. The van der Waals surface area contributed by atoms with Gasteiger partial charge in [0, 0.05) is 9.17 Å². The number of thiophene rings is 1. The molecular formula is C16H21BrOS. The van der Waals surface area contributed by atoms with Crippen LogP contribution in [0.5, 0.6) is 0 Å². The zero-order chi connectivity index (χ0) is 13.8. The lowest BCUT2D eigenvalue weighted by Gasteiger charge is -2.21. The van der Waals surface area contributed by atoms with Gasteiger partial charge in [-0.05, 0) is 50.7 Å². The van der Waals surface area contributed by atoms with Crippen molar-refractivity contribution >= 4 is 37.4 Å². The summed E-state index contributed by atoms with van der Waals surface area (Å²) in [4.78, 5) is 0. The molecule has 0 aliphatic rings. The highest BCUT2D eigenvalue weighted by Crippen LogP contribution is 2.39. The maximum atomic E-state index is 10.7. The third kappa shape index (κ3) is 3.21. The van der Waals surface area contributed by atoms with Crippen molar-refractivity contribution in [3.63, 3.8) is 0 Å². The van der Waals surface area contributed by atoms with Gasteiger partial charge in [0.25, 0.3) is 0 Å². The Labute approximate surface area is 127 Å². The van der Waals surface area contributed by atoms with Gasteiger partial charge in [0.1, 0.15) is 0 Å². The van der Waals surface area contributed by atoms with Crippen molar-refractivity contribution in [3.05, 3.63) is 33.6 Å². The molecule has 0 bridgehead atoms. The lowest BCUT2D eigenvalue weighted by molar-refractivity contribution is 0.101. The molecule has 2 aromatic rings. The summed E-state index contributed by atoms with van der Waals surface area (Å²) in [6.07, 6.45) is 4.20. The molecule has 1 heterocycles. The van der Waals surface area contributed by atoms with E-state index < -0.39 is 0 Å². The topological polar surface area (TPSA) is 20.2 Å². The van der Waals surface area contributed by atoms with Gasteiger partial charge in [0.05, 0.1) is 6.10 Å². The van der Waals surface area contributed by atoms with Crippen molar-refractivity contribution in [1.82, 2.24) is 0 Å². The summed E-state index contributed by atoms with van der Waals surface area (Å²) in [6, 6.07) is 6.22. The van der Waals surface area contributed by atoms with Crippen molar-refractivity contribution in [2.45, 2.75) is 45.6 Å². The summed E-state index contributed by atoms with van der Waals surface area (Å²) in [5.74, 6) is 0.372. The van der Waals surface area contributed by atoms with E-state index in [0.29, 0.717) is 5.92 Å². The number of unbranched alkanes of at least 4 members (excludes halogenated alkanes) is 1. The molecule has 104 valence electrons. The van der Waals surface area contributed by atoms with E-state index in [4.69, 9.17) is 0 Å². The highest BCUT2D eigenvalue weighted by atomic mass is 79.9. The molecule has 2 unspecified atom stereocenters. The van der Waals surface area contributed by atoms with Crippen LogP contribution in [0.3, 0.4) is 0 Å². The molecule has 0 saturated carbocycles.